The molecular weight excluding hydrogens is 265 g/mol. The maximum Gasteiger partial charge on any atom is 1.00 e. The molecule has 0 bridgehead atoms. The smallest absolute Gasteiger partial charge is 0.660 e. The van der Waals surface area contributed by atoms with Crippen molar-refractivity contribution in [3.63, 3.8) is 0 Å². The molecule has 1 heterocycles. The molecule has 7 nitrogen and oxygen atoms in total. The molecule has 0 aliphatic carbocycles. The van der Waals surface area contributed by atoms with Crippen LogP contribution in [0.5, 0.6) is 0 Å². The van der Waals surface area contributed by atoms with Crippen LogP contribution >= 0.6 is 0 Å². The van der Waals surface area contributed by atoms with E-state index in [2.05, 4.69) is 5.32 Å². The molecule has 1 aliphatic rings. The molecule has 1 aliphatic heterocycles. The van der Waals surface area contributed by atoms with E-state index in [0.29, 0.717) is 39.3 Å². The Bertz CT molecular complexity index is 252. The fourth-order valence-electron chi connectivity index (χ4n) is 1.74. The predicted molar refractivity (Wildman–Crippen MR) is 61.2 cm³/mol. The summed E-state index contributed by atoms with van der Waals surface area (Å²) in [7, 11) is 0. The van der Waals surface area contributed by atoms with E-state index in [9.17, 15) is 9.59 Å². The van der Waals surface area contributed by atoms with Crippen molar-refractivity contribution in [2.75, 3.05) is 52.4 Å². The molecule has 0 radical (unpaired) electrons. The average Bonchev–Trinajstić information content (AvgIpc) is 2.31. The third kappa shape index (κ3) is 8.54. The number of hydrogen-bond donors (Lipinski definition) is 2. The topological polar surface area (TPSA) is 95.2 Å². The van der Waals surface area contributed by atoms with Gasteiger partial charge in [0.1, 0.15) is 0 Å². The van der Waals surface area contributed by atoms with Crippen molar-refractivity contribution in [1.82, 2.24) is 9.80 Å². The second kappa shape index (κ2) is 10.3. The van der Waals surface area contributed by atoms with Crippen LogP contribution in [0, 0.1) is 0 Å². The zero-order chi connectivity index (χ0) is 12.7. The van der Waals surface area contributed by atoms with Gasteiger partial charge in [-0.2, -0.15) is 0 Å². The molecule has 98 valence electrons. The summed E-state index contributed by atoms with van der Waals surface area (Å²) in [5.74, 6) is -1.73. The molecular formula is C10H18KN3O4. The Kier molecular flexibility index (Phi) is 10.5. The minimum atomic E-state index is -0.867. The standard InChI is InChI=1S/C10H18N3O4.K/c14-9(15)7-12-3-1-11-2-4-13(6-5-12)8-10(16)17;/h1-8H2,(H,14,15)(H,16,17);/q-1;+1. The summed E-state index contributed by atoms with van der Waals surface area (Å²) < 4.78 is 0. The van der Waals surface area contributed by atoms with Crippen LogP contribution in [0.2, 0.25) is 0 Å². The van der Waals surface area contributed by atoms with Crippen molar-refractivity contribution in [2.45, 2.75) is 0 Å². The van der Waals surface area contributed by atoms with Crippen LogP contribution in [-0.4, -0.2) is 84.3 Å². The summed E-state index contributed by atoms with van der Waals surface area (Å²) in [5, 5.41) is 21.7. The number of rotatable bonds is 4. The van der Waals surface area contributed by atoms with Gasteiger partial charge in [-0.3, -0.25) is 19.4 Å². The maximum absolute atomic E-state index is 10.6. The molecule has 0 aromatic carbocycles. The van der Waals surface area contributed by atoms with Crippen LogP contribution in [0.15, 0.2) is 0 Å². The molecule has 1 fully saturated rings. The molecule has 1 saturated heterocycles. The molecule has 0 atom stereocenters. The van der Waals surface area contributed by atoms with Gasteiger partial charge in [0.25, 0.3) is 0 Å². The van der Waals surface area contributed by atoms with Crippen LogP contribution in [0.3, 0.4) is 0 Å². The summed E-state index contributed by atoms with van der Waals surface area (Å²) in [5.41, 5.74) is 0. The molecule has 0 unspecified atom stereocenters. The van der Waals surface area contributed by atoms with Gasteiger partial charge in [0.2, 0.25) is 0 Å². The van der Waals surface area contributed by atoms with Gasteiger partial charge in [-0.25, -0.2) is 0 Å². The molecule has 18 heavy (non-hydrogen) atoms. The molecule has 8 heteroatoms. The monoisotopic (exact) mass is 283 g/mol. The van der Waals surface area contributed by atoms with Crippen molar-refractivity contribution in [2.24, 2.45) is 0 Å². The Hall–Kier alpha value is 0.456. The van der Waals surface area contributed by atoms with E-state index in [-0.39, 0.29) is 64.5 Å². The quantitative estimate of drug-likeness (QED) is 0.513. The van der Waals surface area contributed by atoms with Crippen LogP contribution in [0.25, 0.3) is 5.32 Å². The summed E-state index contributed by atoms with van der Waals surface area (Å²) in [6, 6.07) is 0. The number of carboxylic acids is 2. The molecule has 0 amide bonds. The third-order valence-corrected chi connectivity index (χ3v) is 2.60. The summed E-state index contributed by atoms with van der Waals surface area (Å²) in [6.07, 6.45) is 0. The molecule has 0 spiro atoms. The van der Waals surface area contributed by atoms with E-state index < -0.39 is 11.9 Å². The number of carbonyl (C=O) groups is 2. The van der Waals surface area contributed by atoms with Gasteiger partial charge in [-0.15, -0.1) is 13.1 Å². The first-order chi connectivity index (χ1) is 8.08. The Labute approximate surface area is 149 Å². The summed E-state index contributed by atoms with van der Waals surface area (Å²) in [6.45, 7) is 3.54. The molecule has 0 aromatic rings. The second-order valence-electron chi connectivity index (χ2n) is 4.01. The van der Waals surface area contributed by atoms with E-state index in [0.717, 1.165) is 0 Å². The van der Waals surface area contributed by atoms with E-state index in [1.807, 2.05) is 0 Å². The number of nitrogens with zero attached hydrogens (tertiary/aromatic N) is 3. The van der Waals surface area contributed by atoms with Gasteiger partial charge in [-0.05, 0) is 13.1 Å². The van der Waals surface area contributed by atoms with Gasteiger partial charge < -0.3 is 15.5 Å². The van der Waals surface area contributed by atoms with Crippen LogP contribution < -0.4 is 51.4 Å². The minimum Gasteiger partial charge on any atom is -0.660 e. The average molecular weight is 283 g/mol. The number of hydrogen-bond acceptors (Lipinski definition) is 4. The first-order valence-corrected chi connectivity index (χ1v) is 5.59. The van der Waals surface area contributed by atoms with Gasteiger partial charge in [0.05, 0.1) is 13.1 Å². The second-order valence-corrected chi connectivity index (χ2v) is 4.01. The van der Waals surface area contributed by atoms with E-state index in [1.54, 1.807) is 9.80 Å². The van der Waals surface area contributed by atoms with Crippen molar-refractivity contribution >= 4 is 11.9 Å². The van der Waals surface area contributed by atoms with Crippen molar-refractivity contribution in [3.05, 3.63) is 5.32 Å². The van der Waals surface area contributed by atoms with E-state index in [4.69, 9.17) is 10.2 Å². The van der Waals surface area contributed by atoms with Crippen LogP contribution in [-0.2, 0) is 9.59 Å². The van der Waals surface area contributed by atoms with Gasteiger partial charge >= 0.3 is 63.3 Å². The normalized spacial score (nSPS) is 19.1. The van der Waals surface area contributed by atoms with E-state index in [1.165, 1.54) is 0 Å². The largest absolute Gasteiger partial charge is 1.00 e. The SMILES string of the molecule is O=C(O)CN1CC[N-]CCN(CC(=O)O)CC1.[K+]. The van der Waals surface area contributed by atoms with Crippen molar-refractivity contribution < 1.29 is 71.2 Å². The first kappa shape index (κ1) is 18.5. The van der Waals surface area contributed by atoms with Gasteiger partial charge in [0.15, 0.2) is 0 Å². The zero-order valence-electron chi connectivity index (χ0n) is 10.7. The third-order valence-electron chi connectivity index (χ3n) is 2.60. The van der Waals surface area contributed by atoms with Crippen molar-refractivity contribution in [1.29, 1.82) is 0 Å². The predicted octanol–water partition coefficient (Wildman–Crippen LogP) is -3.85. The molecule has 2 N–H and O–H groups in total. The van der Waals surface area contributed by atoms with Crippen LogP contribution in [0.1, 0.15) is 0 Å². The zero-order valence-corrected chi connectivity index (χ0v) is 13.8. The summed E-state index contributed by atoms with van der Waals surface area (Å²) >= 11 is 0. The Morgan fingerprint density at radius 3 is 1.61 bits per heavy atom. The van der Waals surface area contributed by atoms with E-state index >= 15 is 0 Å². The van der Waals surface area contributed by atoms with Gasteiger partial charge in [-0.1, -0.05) is 0 Å². The fourth-order valence-corrected chi connectivity index (χ4v) is 1.74. The molecule has 1 rings (SSSR count). The minimum absolute atomic E-state index is 0. The Morgan fingerprint density at radius 1 is 0.889 bits per heavy atom. The summed E-state index contributed by atoms with van der Waals surface area (Å²) in [4.78, 5) is 24.8. The maximum atomic E-state index is 10.6. The first-order valence-electron chi connectivity index (χ1n) is 5.59. The Balaban J connectivity index is 0.00000289. The Morgan fingerprint density at radius 2 is 1.28 bits per heavy atom. The number of carboxylic acid groups (broad SMARTS) is 2. The number of aliphatic carboxylic acids is 2. The fraction of sp³-hybridized carbons (Fsp3) is 0.800. The molecule has 0 aromatic heterocycles. The van der Waals surface area contributed by atoms with Gasteiger partial charge in [0, 0.05) is 13.1 Å². The van der Waals surface area contributed by atoms with Crippen LogP contribution in [0.4, 0.5) is 0 Å². The molecule has 0 saturated carbocycles. The van der Waals surface area contributed by atoms with Crippen molar-refractivity contribution in [3.8, 4) is 0 Å².